The molecule has 0 saturated carbocycles. The van der Waals surface area contributed by atoms with Crippen molar-refractivity contribution in [1.29, 1.82) is 5.26 Å². The minimum Gasteiger partial charge on any atom is -0.373 e. The molecule has 0 N–H and O–H groups in total. The molecule has 0 aliphatic heterocycles. The van der Waals surface area contributed by atoms with Gasteiger partial charge in [0.25, 0.3) is 5.69 Å². The topological polar surface area (TPSA) is 83.1 Å². The van der Waals surface area contributed by atoms with Gasteiger partial charge in [-0.1, -0.05) is 0 Å². The number of rotatable bonds is 4. The van der Waals surface area contributed by atoms with Crippen molar-refractivity contribution in [3.05, 3.63) is 40.6 Å². The lowest BCUT2D eigenvalue weighted by atomic mass is 10.1. The number of anilines is 1. The standard InChI is InChI=1S/C13H12N4O2/c1-16(9-3-7-14)11-5-6-12(17(18)19)13-10(11)4-2-8-15-13/h2,4-6,8H,3,9H2,1H3. The summed E-state index contributed by atoms with van der Waals surface area (Å²) in [6, 6.07) is 8.77. The van der Waals surface area contributed by atoms with Crippen molar-refractivity contribution in [3.63, 3.8) is 0 Å². The van der Waals surface area contributed by atoms with Crippen LogP contribution < -0.4 is 4.90 Å². The van der Waals surface area contributed by atoms with Crippen LogP contribution in [0.5, 0.6) is 0 Å². The van der Waals surface area contributed by atoms with Crippen molar-refractivity contribution in [1.82, 2.24) is 4.98 Å². The minimum absolute atomic E-state index is 0.00645. The number of nitrogens with zero attached hydrogens (tertiary/aromatic N) is 4. The molecule has 0 atom stereocenters. The average molecular weight is 256 g/mol. The number of hydrogen-bond acceptors (Lipinski definition) is 5. The molecule has 0 spiro atoms. The first-order valence-corrected chi connectivity index (χ1v) is 5.75. The van der Waals surface area contributed by atoms with E-state index >= 15 is 0 Å². The van der Waals surface area contributed by atoms with Gasteiger partial charge >= 0.3 is 0 Å². The van der Waals surface area contributed by atoms with Crippen molar-refractivity contribution in [3.8, 4) is 6.07 Å². The van der Waals surface area contributed by atoms with E-state index in [1.807, 2.05) is 11.9 Å². The zero-order valence-corrected chi connectivity index (χ0v) is 10.4. The van der Waals surface area contributed by atoms with Gasteiger partial charge in [0, 0.05) is 36.9 Å². The highest BCUT2D eigenvalue weighted by Crippen LogP contribution is 2.31. The fourth-order valence-electron chi connectivity index (χ4n) is 1.96. The van der Waals surface area contributed by atoms with Gasteiger partial charge in [-0.2, -0.15) is 5.26 Å². The van der Waals surface area contributed by atoms with Gasteiger partial charge in [0.2, 0.25) is 0 Å². The normalized spacial score (nSPS) is 10.1. The fourth-order valence-corrected chi connectivity index (χ4v) is 1.96. The second kappa shape index (κ2) is 5.31. The maximum absolute atomic E-state index is 11.0. The Balaban J connectivity index is 2.56. The van der Waals surface area contributed by atoms with Gasteiger partial charge < -0.3 is 4.90 Å². The largest absolute Gasteiger partial charge is 0.373 e. The molecule has 2 rings (SSSR count). The maximum Gasteiger partial charge on any atom is 0.295 e. The molecule has 6 heteroatoms. The molecule has 6 nitrogen and oxygen atoms in total. The van der Waals surface area contributed by atoms with Gasteiger partial charge in [-0.05, 0) is 18.2 Å². The van der Waals surface area contributed by atoms with Crippen molar-refractivity contribution in [2.75, 3.05) is 18.5 Å². The number of hydrogen-bond donors (Lipinski definition) is 0. The van der Waals surface area contributed by atoms with Gasteiger partial charge in [-0.3, -0.25) is 10.1 Å². The molecule has 1 aromatic carbocycles. The first-order valence-electron chi connectivity index (χ1n) is 5.75. The van der Waals surface area contributed by atoms with E-state index < -0.39 is 4.92 Å². The van der Waals surface area contributed by atoms with Crippen molar-refractivity contribution >= 4 is 22.3 Å². The molecule has 0 fully saturated rings. The summed E-state index contributed by atoms with van der Waals surface area (Å²) >= 11 is 0. The van der Waals surface area contributed by atoms with Crippen LogP contribution in [0.25, 0.3) is 10.9 Å². The summed E-state index contributed by atoms with van der Waals surface area (Å²) in [4.78, 5) is 16.5. The Morgan fingerprint density at radius 2 is 2.26 bits per heavy atom. The third-order valence-electron chi connectivity index (χ3n) is 2.89. The van der Waals surface area contributed by atoms with Crippen molar-refractivity contribution in [2.24, 2.45) is 0 Å². The lowest BCUT2D eigenvalue weighted by molar-refractivity contribution is -0.383. The summed E-state index contributed by atoms with van der Waals surface area (Å²) in [7, 11) is 1.85. The highest BCUT2D eigenvalue weighted by Gasteiger charge is 2.16. The van der Waals surface area contributed by atoms with E-state index in [0.717, 1.165) is 11.1 Å². The summed E-state index contributed by atoms with van der Waals surface area (Å²) < 4.78 is 0. The molecular weight excluding hydrogens is 244 g/mol. The molecule has 96 valence electrons. The van der Waals surface area contributed by atoms with Gasteiger partial charge in [0.15, 0.2) is 0 Å². The second-order valence-corrected chi connectivity index (χ2v) is 4.09. The van der Waals surface area contributed by atoms with Crippen LogP contribution >= 0.6 is 0 Å². The first-order chi connectivity index (χ1) is 9.15. The van der Waals surface area contributed by atoms with E-state index in [4.69, 9.17) is 5.26 Å². The van der Waals surface area contributed by atoms with Gasteiger partial charge in [-0.15, -0.1) is 0 Å². The molecule has 0 radical (unpaired) electrons. The number of benzene rings is 1. The molecule has 0 aliphatic rings. The van der Waals surface area contributed by atoms with Gasteiger partial charge in [0.1, 0.15) is 5.52 Å². The van der Waals surface area contributed by atoms with Crippen LogP contribution in [-0.2, 0) is 0 Å². The summed E-state index contributed by atoms with van der Waals surface area (Å²) in [6.07, 6.45) is 1.93. The monoisotopic (exact) mass is 256 g/mol. The molecule has 0 amide bonds. The number of nitro groups is 1. The van der Waals surface area contributed by atoms with E-state index in [1.165, 1.54) is 12.3 Å². The quantitative estimate of drug-likeness (QED) is 0.620. The van der Waals surface area contributed by atoms with Crippen LogP contribution in [0.2, 0.25) is 0 Å². The minimum atomic E-state index is -0.436. The number of nitro benzene ring substituents is 1. The van der Waals surface area contributed by atoms with Crippen LogP contribution in [0, 0.1) is 21.4 Å². The number of pyridine rings is 1. The zero-order chi connectivity index (χ0) is 13.8. The first kappa shape index (κ1) is 12.8. The SMILES string of the molecule is CN(CCC#N)c1ccc([N+](=O)[O-])c2ncccc12. The second-order valence-electron chi connectivity index (χ2n) is 4.09. The molecule has 0 saturated heterocycles. The molecule has 0 aliphatic carbocycles. The number of aromatic nitrogens is 1. The van der Waals surface area contributed by atoms with E-state index in [0.29, 0.717) is 18.5 Å². The Kier molecular flexibility index (Phi) is 3.57. The fraction of sp³-hybridized carbons (Fsp3) is 0.231. The van der Waals surface area contributed by atoms with E-state index in [-0.39, 0.29) is 5.69 Å². The molecular formula is C13H12N4O2. The molecule has 2 aromatic rings. The number of nitriles is 1. The smallest absolute Gasteiger partial charge is 0.295 e. The number of non-ortho nitro benzene ring substituents is 1. The molecule has 1 aromatic heterocycles. The third kappa shape index (κ3) is 2.45. The Morgan fingerprint density at radius 3 is 2.95 bits per heavy atom. The average Bonchev–Trinajstić information content (AvgIpc) is 2.43. The van der Waals surface area contributed by atoms with Gasteiger partial charge in [-0.25, -0.2) is 4.98 Å². The lowest BCUT2D eigenvalue weighted by Gasteiger charge is -2.19. The van der Waals surface area contributed by atoms with E-state index in [9.17, 15) is 10.1 Å². The molecule has 0 unspecified atom stereocenters. The van der Waals surface area contributed by atoms with Gasteiger partial charge in [0.05, 0.1) is 17.4 Å². The summed E-state index contributed by atoms with van der Waals surface area (Å²) in [5.41, 5.74) is 1.20. The summed E-state index contributed by atoms with van der Waals surface area (Å²) in [5.74, 6) is 0. The van der Waals surface area contributed by atoms with Crippen LogP contribution in [0.3, 0.4) is 0 Å². The summed E-state index contributed by atoms with van der Waals surface area (Å²) in [5, 5.41) is 20.3. The van der Waals surface area contributed by atoms with Crippen molar-refractivity contribution in [2.45, 2.75) is 6.42 Å². The Bertz CT molecular complexity index is 663. The third-order valence-corrected chi connectivity index (χ3v) is 2.89. The molecule has 1 heterocycles. The van der Waals surface area contributed by atoms with E-state index in [2.05, 4.69) is 11.1 Å². The van der Waals surface area contributed by atoms with Crippen molar-refractivity contribution < 1.29 is 4.92 Å². The van der Waals surface area contributed by atoms with Crippen LogP contribution in [0.4, 0.5) is 11.4 Å². The Morgan fingerprint density at radius 1 is 1.47 bits per heavy atom. The molecule has 0 bridgehead atoms. The zero-order valence-electron chi connectivity index (χ0n) is 10.4. The predicted molar refractivity (Wildman–Crippen MR) is 71.9 cm³/mol. The molecule has 19 heavy (non-hydrogen) atoms. The Hall–Kier alpha value is -2.68. The number of fused-ring (bicyclic) bond motifs is 1. The van der Waals surface area contributed by atoms with E-state index in [1.54, 1.807) is 18.2 Å². The lowest BCUT2D eigenvalue weighted by Crippen LogP contribution is -2.18. The highest BCUT2D eigenvalue weighted by atomic mass is 16.6. The van der Waals surface area contributed by atoms with Crippen LogP contribution in [0.15, 0.2) is 30.5 Å². The highest BCUT2D eigenvalue weighted by molar-refractivity contribution is 5.97. The summed E-state index contributed by atoms with van der Waals surface area (Å²) in [6.45, 7) is 0.568. The maximum atomic E-state index is 11.0. The Labute approximate surface area is 110 Å². The van der Waals surface area contributed by atoms with Crippen LogP contribution in [0.1, 0.15) is 6.42 Å². The van der Waals surface area contributed by atoms with Crippen LogP contribution in [-0.4, -0.2) is 23.5 Å². The predicted octanol–water partition coefficient (Wildman–Crippen LogP) is 2.49.